The Morgan fingerprint density at radius 2 is 1.76 bits per heavy atom. The lowest BCUT2D eigenvalue weighted by Crippen LogP contribution is -2.37. The van der Waals surface area contributed by atoms with Crippen molar-refractivity contribution in [2.24, 2.45) is 0 Å². The number of benzene rings is 2. The summed E-state index contributed by atoms with van der Waals surface area (Å²) in [6.45, 7) is 7.49. The topological polar surface area (TPSA) is 76.5 Å². The summed E-state index contributed by atoms with van der Waals surface area (Å²) in [4.78, 5) is 32.2. The summed E-state index contributed by atoms with van der Waals surface area (Å²) < 4.78 is 7.44. The molecule has 0 saturated heterocycles. The number of rotatable bonds is 11. The first kappa shape index (κ1) is 24.6. The average Bonchev–Trinajstić information content (AvgIpc) is 3.17. The van der Waals surface area contributed by atoms with Gasteiger partial charge in [-0.3, -0.25) is 9.59 Å². The SMILES string of the molecule is CCCN(CCC)C(=O)Cn1c(C(C)NC(=O)COc2ccc(Cl)cc2)nc2ccccc21. The van der Waals surface area contributed by atoms with Crippen LogP contribution in [0.15, 0.2) is 48.5 Å². The van der Waals surface area contributed by atoms with Crippen molar-refractivity contribution in [2.45, 2.75) is 46.2 Å². The van der Waals surface area contributed by atoms with Gasteiger partial charge in [-0.1, -0.05) is 37.6 Å². The molecule has 8 heteroatoms. The van der Waals surface area contributed by atoms with Crippen LogP contribution in [-0.2, 0) is 16.1 Å². The van der Waals surface area contributed by atoms with Crippen LogP contribution in [0.2, 0.25) is 5.02 Å². The molecule has 2 aromatic carbocycles. The van der Waals surface area contributed by atoms with Crippen molar-refractivity contribution < 1.29 is 14.3 Å². The average molecular weight is 471 g/mol. The molecule has 2 amide bonds. The molecule has 1 unspecified atom stereocenters. The van der Waals surface area contributed by atoms with Gasteiger partial charge >= 0.3 is 0 Å². The number of nitrogens with one attached hydrogen (secondary N) is 1. The Bertz CT molecular complexity index is 1070. The highest BCUT2D eigenvalue weighted by molar-refractivity contribution is 6.30. The lowest BCUT2D eigenvalue weighted by atomic mass is 10.3. The van der Waals surface area contributed by atoms with E-state index in [-0.39, 0.29) is 25.0 Å². The Morgan fingerprint density at radius 1 is 1.09 bits per heavy atom. The first-order valence-corrected chi connectivity index (χ1v) is 11.7. The van der Waals surface area contributed by atoms with E-state index in [0.717, 1.165) is 37.0 Å². The molecule has 0 spiro atoms. The minimum absolute atomic E-state index is 0.0488. The molecule has 0 fully saturated rings. The number of nitrogens with zero attached hydrogens (tertiary/aromatic N) is 3. The Balaban J connectivity index is 1.75. The van der Waals surface area contributed by atoms with E-state index in [1.807, 2.05) is 40.7 Å². The molecule has 7 nitrogen and oxygen atoms in total. The van der Waals surface area contributed by atoms with Gasteiger partial charge < -0.3 is 19.5 Å². The van der Waals surface area contributed by atoms with Crippen LogP contribution in [0.25, 0.3) is 11.0 Å². The van der Waals surface area contributed by atoms with Gasteiger partial charge in [0.2, 0.25) is 5.91 Å². The predicted octanol–water partition coefficient (Wildman–Crippen LogP) is 4.59. The van der Waals surface area contributed by atoms with Crippen LogP contribution in [0, 0.1) is 0 Å². The van der Waals surface area contributed by atoms with E-state index in [2.05, 4.69) is 19.2 Å². The molecule has 3 rings (SSSR count). The minimum atomic E-state index is -0.405. The van der Waals surface area contributed by atoms with Gasteiger partial charge in [0.05, 0.1) is 17.1 Å². The first-order chi connectivity index (χ1) is 15.9. The van der Waals surface area contributed by atoms with Crippen molar-refractivity contribution >= 4 is 34.4 Å². The number of fused-ring (bicyclic) bond motifs is 1. The van der Waals surface area contributed by atoms with Crippen LogP contribution in [-0.4, -0.2) is 46.0 Å². The van der Waals surface area contributed by atoms with Crippen LogP contribution in [0.4, 0.5) is 0 Å². The molecule has 3 aromatic rings. The molecule has 33 heavy (non-hydrogen) atoms. The summed E-state index contributed by atoms with van der Waals surface area (Å²) in [5.41, 5.74) is 1.66. The van der Waals surface area contributed by atoms with Gasteiger partial charge in [0.15, 0.2) is 6.61 Å². The number of ether oxygens (including phenoxy) is 1. The summed E-state index contributed by atoms with van der Waals surface area (Å²) in [7, 11) is 0. The van der Waals surface area contributed by atoms with Gasteiger partial charge in [0.1, 0.15) is 18.1 Å². The van der Waals surface area contributed by atoms with Gasteiger partial charge in [-0.25, -0.2) is 4.98 Å². The maximum Gasteiger partial charge on any atom is 0.258 e. The summed E-state index contributed by atoms with van der Waals surface area (Å²) >= 11 is 5.88. The summed E-state index contributed by atoms with van der Waals surface area (Å²) in [5.74, 6) is 0.970. The molecule has 0 aliphatic rings. The molecule has 0 bridgehead atoms. The van der Waals surface area contributed by atoms with Gasteiger partial charge in [-0.15, -0.1) is 0 Å². The fourth-order valence-electron chi connectivity index (χ4n) is 3.75. The normalized spacial score (nSPS) is 11.9. The zero-order valence-electron chi connectivity index (χ0n) is 19.4. The smallest absolute Gasteiger partial charge is 0.258 e. The van der Waals surface area contributed by atoms with E-state index >= 15 is 0 Å². The van der Waals surface area contributed by atoms with Crippen LogP contribution >= 0.6 is 11.6 Å². The summed E-state index contributed by atoms with van der Waals surface area (Å²) in [6, 6.07) is 14.1. The second kappa shape index (κ2) is 11.7. The maximum absolute atomic E-state index is 13.1. The second-order valence-corrected chi connectivity index (χ2v) is 8.39. The molecule has 1 heterocycles. The first-order valence-electron chi connectivity index (χ1n) is 11.3. The Hall–Kier alpha value is -3.06. The Kier molecular flexibility index (Phi) is 8.72. The van der Waals surface area contributed by atoms with Gasteiger partial charge in [-0.2, -0.15) is 0 Å². The molecule has 0 aliphatic carbocycles. The van der Waals surface area contributed by atoms with E-state index < -0.39 is 6.04 Å². The number of para-hydroxylation sites is 2. The number of hydrogen-bond acceptors (Lipinski definition) is 4. The van der Waals surface area contributed by atoms with Crippen LogP contribution < -0.4 is 10.1 Å². The summed E-state index contributed by atoms with van der Waals surface area (Å²) in [6.07, 6.45) is 1.81. The zero-order valence-corrected chi connectivity index (χ0v) is 20.1. The van der Waals surface area contributed by atoms with Crippen LogP contribution in [0.5, 0.6) is 5.75 Å². The number of aromatic nitrogens is 2. The monoisotopic (exact) mass is 470 g/mol. The number of amides is 2. The Morgan fingerprint density at radius 3 is 2.42 bits per heavy atom. The largest absolute Gasteiger partial charge is 0.484 e. The quantitative estimate of drug-likeness (QED) is 0.444. The van der Waals surface area contributed by atoms with Gasteiger partial charge in [-0.05, 0) is 56.2 Å². The second-order valence-electron chi connectivity index (χ2n) is 7.96. The summed E-state index contributed by atoms with van der Waals surface area (Å²) in [5, 5.41) is 3.54. The third-order valence-corrected chi connectivity index (χ3v) is 5.52. The fourth-order valence-corrected chi connectivity index (χ4v) is 3.88. The highest BCUT2D eigenvalue weighted by Gasteiger charge is 2.22. The van der Waals surface area contributed by atoms with E-state index in [0.29, 0.717) is 16.6 Å². The Labute approximate surface area is 199 Å². The lowest BCUT2D eigenvalue weighted by Gasteiger charge is -2.23. The van der Waals surface area contributed by atoms with Crippen molar-refractivity contribution in [2.75, 3.05) is 19.7 Å². The highest BCUT2D eigenvalue weighted by Crippen LogP contribution is 2.21. The third-order valence-electron chi connectivity index (χ3n) is 5.27. The van der Waals surface area contributed by atoms with E-state index in [1.54, 1.807) is 24.3 Å². The molecule has 1 atom stereocenters. The van der Waals surface area contributed by atoms with Crippen LogP contribution in [0.1, 0.15) is 45.5 Å². The number of imidazole rings is 1. The van der Waals surface area contributed by atoms with E-state index in [4.69, 9.17) is 21.3 Å². The van der Waals surface area contributed by atoms with Crippen molar-refractivity contribution in [1.29, 1.82) is 0 Å². The van der Waals surface area contributed by atoms with Crippen LogP contribution in [0.3, 0.4) is 0 Å². The molecular weight excluding hydrogens is 440 g/mol. The molecule has 0 saturated carbocycles. The highest BCUT2D eigenvalue weighted by atomic mass is 35.5. The predicted molar refractivity (Wildman–Crippen MR) is 130 cm³/mol. The molecule has 176 valence electrons. The third kappa shape index (κ3) is 6.48. The number of hydrogen-bond donors (Lipinski definition) is 1. The fraction of sp³-hybridized carbons (Fsp3) is 0.400. The van der Waals surface area contributed by atoms with Crippen molar-refractivity contribution in [1.82, 2.24) is 19.8 Å². The number of carbonyl (C=O) groups excluding carboxylic acids is 2. The lowest BCUT2D eigenvalue weighted by molar-refractivity contribution is -0.131. The maximum atomic E-state index is 13.1. The van der Waals surface area contributed by atoms with Gasteiger partial charge in [0.25, 0.3) is 5.91 Å². The van der Waals surface area contributed by atoms with Crippen molar-refractivity contribution in [3.8, 4) is 5.75 Å². The molecular formula is C25H31ClN4O3. The molecule has 0 radical (unpaired) electrons. The molecule has 0 aliphatic heterocycles. The van der Waals surface area contributed by atoms with E-state index in [1.165, 1.54) is 0 Å². The molecule has 1 N–H and O–H groups in total. The molecule has 1 aromatic heterocycles. The minimum Gasteiger partial charge on any atom is -0.484 e. The van der Waals surface area contributed by atoms with Crippen molar-refractivity contribution in [3.05, 3.63) is 59.4 Å². The van der Waals surface area contributed by atoms with Crippen molar-refractivity contribution in [3.63, 3.8) is 0 Å². The number of halogens is 1. The zero-order chi connectivity index (χ0) is 23.8. The number of carbonyl (C=O) groups is 2. The standard InChI is InChI=1S/C25H31ClN4O3/c1-4-14-29(15-5-2)24(32)16-30-22-9-7-6-8-21(22)28-25(30)18(3)27-23(31)17-33-20-12-10-19(26)11-13-20/h6-13,18H,4-5,14-17H2,1-3H3,(H,27,31). The van der Waals surface area contributed by atoms with Gasteiger partial charge in [0, 0.05) is 18.1 Å². The van der Waals surface area contributed by atoms with E-state index in [9.17, 15) is 9.59 Å².